The highest BCUT2D eigenvalue weighted by Gasteiger charge is 2.32. The smallest absolute Gasteiger partial charge is 0.324 e. The lowest BCUT2D eigenvalue weighted by molar-refractivity contribution is -0.158. The van der Waals surface area contributed by atoms with Gasteiger partial charge in [0.1, 0.15) is 11.6 Å². The van der Waals surface area contributed by atoms with Crippen LogP contribution < -0.4 is 4.72 Å². The molecule has 8 heteroatoms. The highest BCUT2D eigenvalue weighted by molar-refractivity contribution is 7.89. The molecule has 1 aromatic heterocycles. The van der Waals surface area contributed by atoms with E-state index in [2.05, 4.69) is 14.7 Å². The molecule has 1 atom stereocenters. The third-order valence-corrected chi connectivity index (χ3v) is 3.74. The number of H-pyrrole nitrogens is 1. The molecule has 0 aliphatic carbocycles. The number of hydrogen-bond donors (Lipinski definition) is 2. The summed E-state index contributed by atoms with van der Waals surface area (Å²) in [5.41, 5.74) is -0.677. The molecule has 0 fully saturated rings. The number of ether oxygens (including phenoxy) is 1. The second-order valence-electron chi connectivity index (χ2n) is 5.79. The number of carbonyl (C=O) groups excluding carboxylic acids is 1. The van der Waals surface area contributed by atoms with Crippen LogP contribution in [0.5, 0.6) is 0 Å². The maximum absolute atomic E-state index is 12.1. The molecule has 0 aromatic carbocycles. The molecule has 114 valence electrons. The third-order valence-electron chi connectivity index (χ3n) is 2.37. The number of aromatic nitrogens is 2. The zero-order valence-corrected chi connectivity index (χ0v) is 13.1. The Bertz CT molecular complexity index is 544. The number of nitrogens with one attached hydrogen (secondary N) is 2. The average Bonchev–Trinajstić information content (AvgIpc) is 2.76. The van der Waals surface area contributed by atoms with Crippen molar-refractivity contribution in [3.8, 4) is 0 Å². The standard InChI is InChI=1S/C12H21N3O4S/c1-8(2)10(11(16)19-12(3,4)5)15-20(17,18)9-6-13-7-14-9/h6-8,10,15H,1-5H3,(H,13,14)/t10-/m0/s1. The van der Waals surface area contributed by atoms with Crippen LogP contribution in [0.15, 0.2) is 17.6 Å². The van der Waals surface area contributed by atoms with Gasteiger partial charge < -0.3 is 9.72 Å². The largest absolute Gasteiger partial charge is 0.459 e. The summed E-state index contributed by atoms with van der Waals surface area (Å²) in [6.07, 6.45) is 2.43. The minimum atomic E-state index is -3.83. The Morgan fingerprint density at radius 3 is 2.40 bits per heavy atom. The van der Waals surface area contributed by atoms with Crippen molar-refractivity contribution in [2.24, 2.45) is 5.92 Å². The number of aromatic amines is 1. The summed E-state index contributed by atoms with van der Waals surface area (Å²) >= 11 is 0. The molecular formula is C12H21N3O4S. The van der Waals surface area contributed by atoms with Gasteiger partial charge in [0.15, 0.2) is 5.03 Å². The first kappa shape index (κ1) is 16.6. The van der Waals surface area contributed by atoms with Gasteiger partial charge in [-0.1, -0.05) is 13.8 Å². The number of esters is 1. The number of imidazole rings is 1. The van der Waals surface area contributed by atoms with E-state index in [4.69, 9.17) is 4.74 Å². The van der Waals surface area contributed by atoms with Crippen LogP contribution in [0.4, 0.5) is 0 Å². The fraction of sp³-hybridized carbons (Fsp3) is 0.667. The molecule has 1 heterocycles. The summed E-state index contributed by atoms with van der Waals surface area (Å²) in [6.45, 7) is 8.66. The number of sulfonamides is 1. The molecule has 1 rings (SSSR count). The van der Waals surface area contributed by atoms with Crippen molar-refractivity contribution >= 4 is 16.0 Å². The molecule has 0 amide bonds. The van der Waals surface area contributed by atoms with Crippen molar-refractivity contribution < 1.29 is 17.9 Å². The molecule has 0 spiro atoms. The number of nitrogens with zero attached hydrogens (tertiary/aromatic N) is 1. The van der Waals surface area contributed by atoms with Gasteiger partial charge in [0.05, 0.1) is 12.5 Å². The van der Waals surface area contributed by atoms with Gasteiger partial charge in [-0.25, -0.2) is 13.4 Å². The lowest BCUT2D eigenvalue weighted by Gasteiger charge is -2.26. The van der Waals surface area contributed by atoms with E-state index in [1.54, 1.807) is 34.6 Å². The van der Waals surface area contributed by atoms with Gasteiger partial charge in [0, 0.05) is 0 Å². The van der Waals surface area contributed by atoms with E-state index >= 15 is 0 Å². The van der Waals surface area contributed by atoms with E-state index in [0.29, 0.717) is 0 Å². The van der Waals surface area contributed by atoms with Crippen LogP contribution in [0, 0.1) is 5.92 Å². The topological polar surface area (TPSA) is 101 Å². The second-order valence-corrected chi connectivity index (χ2v) is 7.47. The maximum Gasteiger partial charge on any atom is 0.324 e. The lowest BCUT2D eigenvalue weighted by atomic mass is 10.1. The molecule has 0 saturated carbocycles. The van der Waals surface area contributed by atoms with Gasteiger partial charge in [-0.2, -0.15) is 4.72 Å². The van der Waals surface area contributed by atoms with Gasteiger partial charge in [-0.05, 0) is 26.7 Å². The summed E-state index contributed by atoms with van der Waals surface area (Å²) < 4.78 is 31.8. The average molecular weight is 303 g/mol. The van der Waals surface area contributed by atoms with Crippen molar-refractivity contribution in [1.82, 2.24) is 14.7 Å². The summed E-state index contributed by atoms with van der Waals surface area (Å²) in [6, 6.07) is -0.956. The molecule has 0 aliphatic rings. The van der Waals surface area contributed by atoms with Crippen molar-refractivity contribution in [2.75, 3.05) is 0 Å². The third kappa shape index (κ3) is 4.61. The molecule has 7 nitrogen and oxygen atoms in total. The molecule has 0 radical (unpaired) electrons. The normalized spacial score (nSPS) is 14.3. The van der Waals surface area contributed by atoms with Crippen LogP contribution in [0.25, 0.3) is 0 Å². The molecular weight excluding hydrogens is 282 g/mol. The highest BCUT2D eigenvalue weighted by atomic mass is 32.2. The highest BCUT2D eigenvalue weighted by Crippen LogP contribution is 2.14. The number of rotatable bonds is 5. The molecule has 2 N–H and O–H groups in total. The Morgan fingerprint density at radius 1 is 1.40 bits per heavy atom. The van der Waals surface area contributed by atoms with E-state index in [9.17, 15) is 13.2 Å². The van der Waals surface area contributed by atoms with Gasteiger partial charge in [0.25, 0.3) is 10.0 Å². The first-order valence-electron chi connectivity index (χ1n) is 6.26. The predicted molar refractivity (Wildman–Crippen MR) is 73.4 cm³/mol. The van der Waals surface area contributed by atoms with Gasteiger partial charge in [0.2, 0.25) is 0 Å². The summed E-state index contributed by atoms with van der Waals surface area (Å²) in [5, 5.41) is -0.0910. The molecule has 0 unspecified atom stereocenters. The Hall–Kier alpha value is -1.41. The summed E-state index contributed by atoms with van der Waals surface area (Å²) in [4.78, 5) is 18.2. The molecule has 0 aliphatic heterocycles. The van der Waals surface area contributed by atoms with Gasteiger partial charge in [-0.15, -0.1) is 0 Å². The van der Waals surface area contributed by atoms with Gasteiger partial charge >= 0.3 is 5.97 Å². The molecule has 0 bridgehead atoms. The molecule has 1 aromatic rings. The van der Waals surface area contributed by atoms with Crippen molar-refractivity contribution in [3.63, 3.8) is 0 Å². The SMILES string of the molecule is CC(C)[C@H](NS(=O)(=O)c1cnc[nH]1)C(=O)OC(C)(C)C. The Kier molecular flexibility index (Phi) is 4.93. The van der Waals surface area contributed by atoms with Crippen LogP contribution in [-0.2, 0) is 19.6 Å². The van der Waals surface area contributed by atoms with Crippen molar-refractivity contribution in [3.05, 3.63) is 12.5 Å². The minimum absolute atomic E-state index is 0.0910. The number of carbonyl (C=O) groups is 1. The molecule has 20 heavy (non-hydrogen) atoms. The van der Waals surface area contributed by atoms with Crippen LogP contribution in [0.3, 0.4) is 0 Å². The van der Waals surface area contributed by atoms with Crippen molar-refractivity contribution in [1.29, 1.82) is 0 Å². The van der Waals surface area contributed by atoms with Crippen LogP contribution >= 0.6 is 0 Å². The lowest BCUT2D eigenvalue weighted by Crippen LogP contribution is -2.47. The van der Waals surface area contributed by atoms with Gasteiger partial charge in [-0.3, -0.25) is 4.79 Å². The van der Waals surface area contributed by atoms with Crippen LogP contribution in [0.1, 0.15) is 34.6 Å². The van der Waals surface area contributed by atoms with Crippen molar-refractivity contribution in [2.45, 2.75) is 51.3 Å². The maximum atomic E-state index is 12.1. The minimum Gasteiger partial charge on any atom is -0.459 e. The first-order chi connectivity index (χ1) is 9.03. The number of hydrogen-bond acceptors (Lipinski definition) is 5. The fourth-order valence-electron chi connectivity index (χ4n) is 1.44. The van der Waals surface area contributed by atoms with E-state index in [1.807, 2.05) is 0 Å². The first-order valence-corrected chi connectivity index (χ1v) is 7.75. The van der Waals surface area contributed by atoms with E-state index in [0.717, 1.165) is 0 Å². The summed E-state index contributed by atoms with van der Waals surface area (Å²) in [7, 11) is -3.83. The monoisotopic (exact) mass is 303 g/mol. The van der Waals surface area contributed by atoms with E-state index in [-0.39, 0.29) is 10.9 Å². The molecule has 0 saturated heterocycles. The summed E-state index contributed by atoms with van der Waals surface area (Å²) in [5.74, 6) is -0.849. The second kappa shape index (κ2) is 5.92. The predicted octanol–water partition coefficient (Wildman–Crippen LogP) is 1.05. The zero-order chi connectivity index (χ0) is 15.6. The zero-order valence-electron chi connectivity index (χ0n) is 12.3. The Morgan fingerprint density at radius 2 is 2.00 bits per heavy atom. The van der Waals surface area contributed by atoms with E-state index in [1.165, 1.54) is 12.5 Å². The fourth-order valence-corrected chi connectivity index (χ4v) is 2.68. The Balaban J connectivity index is 2.91. The van der Waals surface area contributed by atoms with E-state index < -0.39 is 27.6 Å². The van der Waals surface area contributed by atoms with Crippen LogP contribution in [-0.4, -0.2) is 36.0 Å². The Labute approximate surface area is 119 Å². The quantitative estimate of drug-likeness (QED) is 0.792. The van der Waals surface area contributed by atoms with Crippen LogP contribution in [0.2, 0.25) is 0 Å².